The van der Waals surface area contributed by atoms with E-state index < -0.39 is 57.8 Å². The average Bonchev–Trinajstić information content (AvgIpc) is 3.41. The van der Waals surface area contributed by atoms with E-state index in [0.717, 1.165) is 89.9 Å². The number of phosphoric ester groups is 1. The van der Waals surface area contributed by atoms with Crippen LogP contribution in [0.5, 0.6) is 0 Å². The highest BCUT2D eigenvalue weighted by atomic mass is 31.2. The quantitative estimate of drug-likeness (QED) is 0.0197. The van der Waals surface area contributed by atoms with Crippen LogP contribution < -0.4 is 0 Å². The second-order valence-electron chi connectivity index (χ2n) is 20.1. The van der Waals surface area contributed by atoms with Gasteiger partial charge < -0.3 is 24.2 Å². The monoisotopic (exact) mass is 1090 g/mol. The zero-order chi connectivity index (χ0) is 55.5. The fourth-order valence-corrected chi connectivity index (χ4v) is 8.93. The maximum Gasteiger partial charge on any atom is 0.472 e. The molecule has 0 saturated carbocycles. The highest BCUT2D eigenvalue weighted by Crippen LogP contribution is 2.43. The minimum Gasteiger partial charge on any atom is -0.462 e. The van der Waals surface area contributed by atoms with Crippen molar-refractivity contribution < 1.29 is 52.2 Å². The van der Waals surface area contributed by atoms with Crippen LogP contribution in [-0.4, -0.2) is 66.5 Å². The summed E-state index contributed by atoms with van der Waals surface area (Å²) in [6, 6.07) is 0. The van der Waals surface area contributed by atoms with Gasteiger partial charge in [-0.05, 0) is 109 Å². The molecule has 0 fully saturated rings. The van der Waals surface area contributed by atoms with Crippen LogP contribution in [-0.2, 0) is 42.2 Å². The van der Waals surface area contributed by atoms with Crippen LogP contribution in [0.1, 0.15) is 265 Å². The zero-order valence-corrected chi connectivity index (χ0v) is 49.3. The van der Waals surface area contributed by atoms with Crippen molar-refractivity contribution in [1.29, 1.82) is 0 Å². The number of unbranched alkanes of at least 4 members (excludes halogenated alkanes) is 25. The van der Waals surface area contributed by atoms with Crippen LogP contribution >= 0.6 is 7.82 Å². The highest BCUT2D eigenvalue weighted by molar-refractivity contribution is 7.47. The van der Waals surface area contributed by atoms with Gasteiger partial charge in [-0.3, -0.25) is 23.4 Å². The van der Waals surface area contributed by atoms with Gasteiger partial charge >= 0.3 is 25.7 Å². The molecule has 0 saturated heterocycles. The molecule has 0 aliphatic carbocycles. The van der Waals surface area contributed by atoms with E-state index in [-0.39, 0.29) is 25.9 Å². The van der Waals surface area contributed by atoms with Gasteiger partial charge in [0.05, 0.1) is 19.8 Å². The van der Waals surface area contributed by atoms with Crippen molar-refractivity contribution in [3.05, 3.63) is 85.1 Å². The zero-order valence-electron chi connectivity index (χ0n) is 48.5. The Balaban J connectivity index is 4.79. The van der Waals surface area contributed by atoms with E-state index in [1.807, 2.05) is 12.2 Å². The van der Waals surface area contributed by atoms with Crippen molar-refractivity contribution in [3.63, 3.8) is 0 Å². The first-order valence-corrected chi connectivity index (χ1v) is 32.0. The van der Waals surface area contributed by atoms with Crippen molar-refractivity contribution in [1.82, 2.24) is 0 Å². The Bertz CT molecular complexity index is 1600. The molecule has 0 heterocycles. The van der Waals surface area contributed by atoms with E-state index in [2.05, 4.69) is 93.7 Å². The number of carbonyl (C=O) groups excluding carboxylic acids is 3. The van der Waals surface area contributed by atoms with Crippen LogP contribution in [0.3, 0.4) is 0 Å². The predicted molar refractivity (Wildman–Crippen MR) is 316 cm³/mol. The molecule has 0 spiro atoms. The van der Waals surface area contributed by atoms with Crippen molar-refractivity contribution in [2.75, 3.05) is 26.4 Å². The van der Waals surface area contributed by atoms with Crippen LogP contribution in [0.15, 0.2) is 85.1 Å². The van der Waals surface area contributed by atoms with Gasteiger partial charge in [-0.25, -0.2) is 4.57 Å². The number of aliphatic hydroxyl groups excluding tert-OH is 1. The third-order valence-corrected chi connectivity index (χ3v) is 13.7. The summed E-state index contributed by atoms with van der Waals surface area (Å²) < 4.78 is 39.5. The lowest BCUT2D eigenvalue weighted by atomic mass is 10.1. The molecule has 0 aliphatic rings. The van der Waals surface area contributed by atoms with E-state index in [0.29, 0.717) is 25.7 Å². The Kier molecular flexibility index (Phi) is 55.3. The predicted octanol–water partition coefficient (Wildman–Crippen LogP) is 18.3. The molecule has 3 unspecified atom stereocenters. The molecule has 2 N–H and O–H groups in total. The van der Waals surface area contributed by atoms with Crippen LogP contribution in [0.2, 0.25) is 0 Å². The molecular weight excluding hydrogens is 976 g/mol. The lowest BCUT2D eigenvalue weighted by Crippen LogP contribution is -2.30. The largest absolute Gasteiger partial charge is 0.472 e. The van der Waals surface area contributed by atoms with E-state index in [1.165, 1.54) is 109 Å². The van der Waals surface area contributed by atoms with Crippen LogP contribution in [0, 0.1) is 0 Å². The van der Waals surface area contributed by atoms with Gasteiger partial charge in [0.1, 0.15) is 12.7 Å². The Hall–Kier alpha value is -3.34. The van der Waals surface area contributed by atoms with E-state index in [4.69, 9.17) is 23.3 Å². The van der Waals surface area contributed by atoms with E-state index in [9.17, 15) is 28.9 Å². The number of aliphatic hydroxyl groups is 1. The second-order valence-corrected chi connectivity index (χ2v) is 21.6. The van der Waals surface area contributed by atoms with Gasteiger partial charge in [0.15, 0.2) is 6.10 Å². The second kappa shape index (κ2) is 57.8. The van der Waals surface area contributed by atoms with Crippen LogP contribution in [0.4, 0.5) is 0 Å². The van der Waals surface area contributed by atoms with Gasteiger partial charge in [-0.15, -0.1) is 0 Å². The molecule has 11 nitrogen and oxygen atoms in total. The minimum absolute atomic E-state index is 0.0865. The summed E-state index contributed by atoms with van der Waals surface area (Å²) in [5, 5.41) is 9.82. The van der Waals surface area contributed by atoms with Gasteiger partial charge in [-0.2, -0.15) is 0 Å². The summed E-state index contributed by atoms with van der Waals surface area (Å²) >= 11 is 0. The SMILES string of the molecule is CC/C=C\C/C=C\C/C=C\C/C=C\C/C=C\CCCC(=O)OC(COC(=O)CCCCCCCCCCC/C=C\CCCCCCCC)COP(=O)(O)OCC(CO)OC(=O)CCCCCCC/C=C\CCCCCC. The lowest BCUT2D eigenvalue weighted by Gasteiger charge is -2.21. The number of phosphoric acid groups is 1. The Labute approximate surface area is 464 Å². The third kappa shape index (κ3) is 55.4. The Morgan fingerprint density at radius 1 is 0.382 bits per heavy atom. The third-order valence-electron chi connectivity index (χ3n) is 12.8. The molecule has 0 aromatic carbocycles. The molecule has 0 aliphatic heterocycles. The smallest absolute Gasteiger partial charge is 0.462 e. The molecule has 12 heteroatoms. The number of carbonyl (C=O) groups is 3. The average molecular weight is 1090 g/mol. The molecule has 3 atom stereocenters. The van der Waals surface area contributed by atoms with Gasteiger partial charge in [0.25, 0.3) is 0 Å². The van der Waals surface area contributed by atoms with Gasteiger partial charge in [0.2, 0.25) is 0 Å². The number of hydrogen-bond donors (Lipinski definition) is 2. The first-order valence-electron chi connectivity index (χ1n) is 30.5. The normalized spacial score (nSPS) is 13.9. The summed E-state index contributed by atoms with van der Waals surface area (Å²) in [4.78, 5) is 48.6. The number of ether oxygens (including phenoxy) is 3. The minimum atomic E-state index is -4.77. The van der Waals surface area contributed by atoms with Gasteiger partial charge in [-0.1, -0.05) is 221 Å². The summed E-state index contributed by atoms with van der Waals surface area (Å²) in [6.07, 6.45) is 66.9. The molecule has 0 rings (SSSR count). The lowest BCUT2D eigenvalue weighted by molar-refractivity contribution is -0.161. The molecule has 0 bridgehead atoms. The molecule has 0 radical (unpaired) electrons. The maximum atomic E-state index is 12.9. The fourth-order valence-electron chi connectivity index (χ4n) is 8.15. The molecule has 0 amide bonds. The Morgan fingerprint density at radius 2 is 0.697 bits per heavy atom. The standard InChI is InChI=1S/C64H111O11P/c1-4-7-10-13-16-19-22-25-27-29-30-32-33-36-38-41-44-47-50-53-62(66)71-57-61(75-64(68)55-52-49-46-43-40-37-34-31-28-26-23-20-17-14-11-8-5-2)59-73-76(69,70)72-58-60(56-65)74-63(67)54-51-48-45-42-39-35-24-21-18-15-12-9-6-3/h8,11,17,20-21,24-28,34,37,43,46,60-61,65H,4-7,9-10,12-16,18-19,22-23,29-33,35-36,38-42,44-45,47-59H2,1-3H3,(H,69,70)/b11-8-,20-17-,24-21-,27-25-,28-26-,37-34-,46-43-. The number of hydrogen-bond acceptors (Lipinski definition) is 10. The molecule has 0 aromatic rings. The molecule has 0 aromatic heterocycles. The first-order chi connectivity index (χ1) is 37.2. The first kappa shape index (κ1) is 72.7. The fraction of sp³-hybridized carbons (Fsp3) is 0.734. The van der Waals surface area contributed by atoms with Gasteiger partial charge in [0, 0.05) is 19.3 Å². The van der Waals surface area contributed by atoms with Crippen molar-refractivity contribution >= 4 is 25.7 Å². The number of esters is 3. The summed E-state index contributed by atoms with van der Waals surface area (Å²) in [6.45, 7) is 4.45. The van der Waals surface area contributed by atoms with Crippen LogP contribution in [0.25, 0.3) is 0 Å². The topological polar surface area (TPSA) is 155 Å². The highest BCUT2D eigenvalue weighted by Gasteiger charge is 2.28. The number of rotatable bonds is 56. The summed E-state index contributed by atoms with van der Waals surface area (Å²) in [7, 11) is -4.77. The summed E-state index contributed by atoms with van der Waals surface area (Å²) in [5.74, 6) is -1.54. The van der Waals surface area contributed by atoms with E-state index in [1.54, 1.807) is 0 Å². The summed E-state index contributed by atoms with van der Waals surface area (Å²) in [5.41, 5.74) is 0. The molecular formula is C64H111O11P. The van der Waals surface area contributed by atoms with E-state index >= 15 is 0 Å². The van der Waals surface area contributed by atoms with Crippen molar-refractivity contribution in [2.45, 2.75) is 277 Å². The van der Waals surface area contributed by atoms with Crippen molar-refractivity contribution in [2.24, 2.45) is 0 Å². The molecule has 76 heavy (non-hydrogen) atoms. The Morgan fingerprint density at radius 3 is 1.13 bits per heavy atom. The maximum absolute atomic E-state index is 12.9. The van der Waals surface area contributed by atoms with Crippen molar-refractivity contribution in [3.8, 4) is 0 Å². The molecule has 438 valence electrons. The number of allylic oxidation sites excluding steroid dienone is 14.